The highest BCUT2D eigenvalue weighted by molar-refractivity contribution is 5.55. The average molecular weight is 306 g/mol. The highest BCUT2D eigenvalue weighted by Gasteiger charge is 2.42. The second-order valence-corrected chi connectivity index (χ2v) is 7.04. The van der Waals surface area contributed by atoms with Gasteiger partial charge in [0, 0.05) is 30.3 Å². The van der Waals surface area contributed by atoms with Crippen molar-refractivity contribution in [1.29, 1.82) is 0 Å². The Kier molecular flexibility index (Phi) is 2.87. The number of anilines is 2. The zero-order chi connectivity index (χ0) is 15.4. The number of fused-ring (bicyclic) bond motifs is 5. The number of hydrogen-bond donors (Lipinski definition) is 1. The molecule has 1 aromatic heterocycles. The molecule has 2 bridgehead atoms. The van der Waals surface area contributed by atoms with Gasteiger partial charge in [-0.25, -0.2) is 4.98 Å². The van der Waals surface area contributed by atoms with Crippen LogP contribution in [0.4, 0.5) is 11.8 Å². The SMILES string of the molecule is CCc1cc(N2C[C@H]3C[C@H]2c2ccccc23)nc(NC2CC2)n1. The summed E-state index contributed by atoms with van der Waals surface area (Å²) in [4.78, 5) is 12.0. The lowest BCUT2D eigenvalue weighted by Gasteiger charge is -2.30. The van der Waals surface area contributed by atoms with Crippen LogP contribution < -0.4 is 10.2 Å². The van der Waals surface area contributed by atoms with E-state index in [1.807, 2.05) is 0 Å². The quantitative estimate of drug-likeness (QED) is 0.936. The standard InChI is InChI=1S/C19H22N4/c1-2-13-10-18(22-19(20-13)21-14-7-8-14)23-11-12-9-17(23)16-6-4-3-5-15(12)16/h3-6,10,12,14,17H,2,7-9,11H2,1H3,(H,20,21,22)/t12-,17+/m1/s1. The Labute approximate surface area is 137 Å². The molecule has 0 unspecified atom stereocenters. The van der Waals surface area contributed by atoms with Crippen LogP contribution >= 0.6 is 0 Å². The predicted octanol–water partition coefficient (Wildman–Crippen LogP) is 3.66. The first kappa shape index (κ1) is 13.3. The summed E-state index contributed by atoms with van der Waals surface area (Å²) in [5.74, 6) is 2.58. The Morgan fingerprint density at radius 3 is 2.78 bits per heavy atom. The molecule has 4 nitrogen and oxygen atoms in total. The molecule has 1 N–H and O–H groups in total. The Balaban J connectivity index is 1.50. The van der Waals surface area contributed by atoms with Gasteiger partial charge in [-0.1, -0.05) is 31.2 Å². The zero-order valence-corrected chi connectivity index (χ0v) is 13.5. The molecule has 2 aromatic rings. The molecule has 2 atom stereocenters. The van der Waals surface area contributed by atoms with Crippen molar-refractivity contribution in [3.63, 3.8) is 0 Å². The lowest BCUT2D eigenvalue weighted by molar-refractivity contribution is 0.726. The fourth-order valence-electron chi connectivity index (χ4n) is 4.08. The molecule has 3 aliphatic rings. The maximum atomic E-state index is 4.84. The van der Waals surface area contributed by atoms with Crippen LogP contribution in [0.3, 0.4) is 0 Å². The van der Waals surface area contributed by atoms with E-state index in [4.69, 9.17) is 4.98 Å². The summed E-state index contributed by atoms with van der Waals surface area (Å²) in [7, 11) is 0. The third kappa shape index (κ3) is 2.19. The van der Waals surface area contributed by atoms with E-state index in [9.17, 15) is 0 Å². The third-order valence-electron chi connectivity index (χ3n) is 5.43. The van der Waals surface area contributed by atoms with Gasteiger partial charge in [0.15, 0.2) is 0 Å². The van der Waals surface area contributed by atoms with E-state index in [1.165, 1.54) is 24.8 Å². The molecule has 0 radical (unpaired) electrons. The molecular weight excluding hydrogens is 284 g/mol. The molecule has 1 aliphatic heterocycles. The van der Waals surface area contributed by atoms with Crippen LogP contribution in [-0.2, 0) is 6.42 Å². The van der Waals surface area contributed by atoms with Gasteiger partial charge in [0.2, 0.25) is 5.95 Å². The molecule has 2 heterocycles. The predicted molar refractivity (Wildman–Crippen MR) is 91.9 cm³/mol. The van der Waals surface area contributed by atoms with Crippen molar-refractivity contribution in [3.8, 4) is 0 Å². The van der Waals surface area contributed by atoms with E-state index in [0.717, 1.165) is 30.4 Å². The first-order valence-corrected chi connectivity index (χ1v) is 8.82. The van der Waals surface area contributed by atoms with E-state index in [2.05, 4.69) is 52.5 Å². The highest BCUT2D eigenvalue weighted by Crippen LogP contribution is 2.51. The van der Waals surface area contributed by atoms with Gasteiger partial charge in [-0.15, -0.1) is 0 Å². The minimum atomic E-state index is 0.490. The third-order valence-corrected chi connectivity index (χ3v) is 5.43. The van der Waals surface area contributed by atoms with Crippen LogP contribution in [0.5, 0.6) is 0 Å². The van der Waals surface area contributed by atoms with Crippen molar-refractivity contribution in [3.05, 3.63) is 47.2 Å². The molecule has 118 valence electrons. The summed E-state index contributed by atoms with van der Waals surface area (Å²) in [5.41, 5.74) is 4.18. The van der Waals surface area contributed by atoms with Gasteiger partial charge < -0.3 is 10.2 Å². The van der Waals surface area contributed by atoms with Crippen molar-refractivity contribution >= 4 is 11.8 Å². The molecular formula is C19H22N4. The first-order valence-electron chi connectivity index (χ1n) is 8.82. The molecule has 2 aliphatic carbocycles. The Morgan fingerprint density at radius 1 is 1.17 bits per heavy atom. The number of aryl methyl sites for hydroxylation is 1. The maximum absolute atomic E-state index is 4.84. The van der Waals surface area contributed by atoms with Crippen LogP contribution in [0, 0.1) is 0 Å². The molecule has 1 saturated heterocycles. The highest BCUT2D eigenvalue weighted by atomic mass is 15.3. The van der Waals surface area contributed by atoms with Gasteiger partial charge in [-0.05, 0) is 36.8 Å². The molecule has 4 heteroatoms. The van der Waals surface area contributed by atoms with Crippen molar-refractivity contribution in [2.75, 3.05) is 16.8 Å². The molecule has 0 amide bonds. The largest absolute Gasteiger partial charge is 0.351 e. The van der Waals surface area contributed by atoms with Crippen molar-refractivity contribution in [2.24, 2.45) is 0 Å². The monoisotopic (exact) mass is 306 g/mol. The molecule has 5 rings (SSSR count). The van der Waals surface area contributed by atoms with E-state index in [1.54, 1.807) is 5.56 Å². The number of hydrogen-bond acceptors (Lipinski definition) is 4. The van der Waals surface area contributed by atoms with Gasteiger partial charge in [0.1, 0.15) is 5.82 Å². The minimum Gasteiger partial charge on any atom is -0.351 e. The van der Waals surface area contributed by atoms with E-state index < -0.39 is 0 Å². The molecule has 1 saturated carbocycles. The van der Waals surface area contributed by atoms with Gasteiger partial charge >= 0.3 is 0 Å². The fourth-order valence-corrected chi connectivity index (χ4v) is 4.08. The summed E-state index contributed by atoms with van der Waals surface area (Å²) < 4.78 is 0. The van der Waals surface area contributed by atoms with Gasteiger partial charge in [0.25, 0.3) is 0 Å². The normalized spacial score (nSPS) is 24.8. The molecule has 2 fully saturated rings. The Morgan fingerprint density at radius 2 is 2.00 bits per heavy atom. The molecule has 1 aromatic carbocycles. The average Bonchev–Trinajstić information content (AvgIpc) is 3.19. The van der Waals surface area contributed by atoms with Crippen LogP contribution in [0.15, 0.2) is 30.3 Å². The number of rotatable bonds is 4. The van der Waals surface area contributed by atoms with Crippen molar-refractivity contribution in [2.45, 2.75) is 50.6 Å². The van der Waals surface area contributed by atoms with E-state index in [-0.39, 0.29) is 0 Å². The topological polar surface area (TPSA) is 41.1 Å². The lowest BCUT2D eigenvalue weighted by Crippen LogP contribution is -2.28. The van der Waals surface area contributed by atoms with Crippen LogP contribution in [0.25, 0.3) is 0 Å². The smallest absolute Gasteiger partial charge is 0.225 e. The Bertz CT molecular complexity index is 753. The summed E-state index contributed by atoms with van der Waals surface area (Å²) in [6, 6.07) is 12.2. The molecule has 23 heavy (non-hydrogen) atoms. The van der Waals surface area contributed by atoms with Crippen LogP contribution in [0.2, 0.25) is 0 Å². The minimum absolute atomic E-state index is 0.490. The second-order valence-electron chi connectivity index (χ2n) is 7.04. The van der Waals surface area contributed by atoms with Crippen molar-refractivity contribution < 1.29 is 0 Å². The number of nitrogens with one attached hydrogen (secondary N) is 1. The lowest BCUT2D eigenvalue weighted by atomic mass is 9.99. The second kappa shape index (κ2) is 4.95. The van der Waals surface area contributed by atoms with Crippen molar-refractivity contribution in [1.82, 2.24) is 9.97 Å². The van der Waals surface area contributed by atoms with E-state index >= 15 is 0 Å². The summed E-state index contributed by atoms with van der Waals surface area (Å²) in [5, 5.41) is 3.47. The fraction of sp³-hybridized carbons (Fsp3) is 0.474. The van der Waals surface area contributed by atoms with Gasteiger partial charge in [0.05, 0.1) is 6.04 Å². The number of aromatic nitrogens is 2. The number of benzene rings is 1. The van der Waals surface area contributed by atoms with E-state index in [0.29, 0.717) is 18.0 Å². The van der Waals surface area contributed by atoms with Crippen LogP contribution in [0.1, 0.15) is 55.0 Å². The Hall–Kier alpha value is -2.10. The summed E-state index contributed by atoms with van der Waals surface area (Å²) in [6.07, 6.45) is 4.68. The van der Waals surface area contributed by atoms with Crippen LogP contribution in [-0.4, -0.2) is 22.6 Å². The van der Waals surface area contributed by atoms with Gasteiger partial charge in [-0.2, -0.15) is 4.98 Å². The summed E-state index contributed by atoms with van der Waals surface area (Å²) >= 11 is 0. The molecule has 0 spiro atoms. The maximum Gasteiger partial charge on any atom is 0.225 e. The summed E-state index contributed by atoms with van der Waals surface area (Å²) in [6.45, 7) is 3.25. The first-order chi connectivity index (χ1) is 11.3. The number of nitrogens with zero attached hydrogens (tertiary/aromatic N) is 3. The zero-order valence-electron chi connectivity index (χ0n) is 13.5. The van der Waals surface area contributed by atoms with Gasteiger partial charge in [-0.3, -0.25) is 0 Å².